The zero-order valence-corrected chi connectivity index (χ0v) is 19.0. The van der Waals surface area contributed by atoms with Crippen molar-refractivity contribution in [2.24, 2.45) is 0 Å². The fraction of sp³-hybridized carbons (Fsp3) is 0.120. The summed E-state index contributed by atoms with van der Waals surface area (Å²) in [5.74, 6) is 0.750. The first-order chi connectivity index (χ1) is 15.8. The number of sulfonamides is 1. The highest BCUT2D eigenvalue weighted by Crippen LogP contribution is 2.25. The molecule has 0 atom stereocenters. The van der Waals surface area contributed by atoms with Crippen LogP contribution in [0.5, 0.6) is 0 Å². The minimum Gasteiger partial charge on any atom is -0.441 e. The van der Waals surface area contributed by atoms with E-state index in [0.29, 0.717) is 28.7 Å². The van der Waals surface area contributed by atoms with Gasteiger partial charge in [0.05, 0.1) is 22.7 Å². The molecule has 0 bridgehead atoms. The van der Waals surface area contributed by atoms with Crippen LogP contribution in [0, 0.1) is 13.8 Å². The number of oxazole rings is 1. The van der Waals surface area contributed by atoms with Gasteiger partial charge in [-0.3, -0.25) is 9.52 Å². The SMILES string of the molecule is Cc1ccc(NC(=O)Cc2nc(-c3ccccc3)oc2C)cc1NS(=O)(=O)c1ccccc1. The van der Waals surface area contributed by atoms with Crippen LogP contribution in [0.4, 0.5) is 11.4 Å². The van der Waals surface area contributed by atoms with Crippen molar-refractivity contribution in [1.82, 2.24) is 4.98 Å². The van der Waals surface area contributed by atoms with Crippen molar-refractivity contribution >= 4 is 27.3 Å². The molecule has 168 valence electrons. The van der Waals surface area contributed by atoms with Crippen LogP contribution >= 0.6 is 0 Å². The summed E-state index contributed by atoms with van der Waals surface area (Å²) >= 11 is 0. The number of aromatic nitrogens is 1. The van der Waals surface area contributed by atoms with Gasteiger partial charge in [0, 0.05) is 11.3 Å². The molecule has 2 N–H and O–H groups in total. The number of carbonyl (C=O) groups excluding carboxylic acids is 1. The molecule has 0 saturated carbocycles. The molecule has 0 aliphatic carbocycles. The fourth-order valence-electron chi connectivity index (χ4n) is 3.27. The highest BCUT2D eigenvalue weighted by molar-refractivity contribution is 7.92. The molecular weight excluding hydrogens is 438 g/mol. The number of carbonyl (C=O) groups is 1. The maximum atomic E-state index is 12.7. The van der Waals surface area contributed by atoms with Crippen molar-refractivity contribution in [3.63, 3.8) is 0 Å². The summed E-state index contributed by atoms with van der Waals surface area (Å²) in [7, 11) is -3.74. The van der Waals surface area contributed by atoms with Crippen LogP contribution in [0.3, 0.4) is 0 Å². The average Bonchev–Trinajstić information content (AvgIpc) is 3.17. The summed E-state index contributed by atoms with van der Waals surface area (Å²) < 4.78 is 33.6. The first-order valence-electron chi connectivity index (χ1n) is 10.3. The predicted molar refractivity (Wildman–Crippen MR) is 127 cm³/mol. The number of hydrogen-bond donors (Lipinski definition) is 2. The summed E-state index contributed by atoms with van der Waals surface area (Å²) in [6, 6.07) is 22.6. The van der Waals surface area contributed by atoms with Gasteiger partial charge in [-0.1, -0.05) is 42.5 Å². The molecule has 7 nitrogen and oxygen atoms in total. The largest absolute Gasteiger partial charge is 0.441 e. The van der Waals surface area contributed by atoms with Crippen LogP contribution in [0.15, 0.2) is 88.2 Å². The Kier molecular flexibility index (Phi) is 6.28. The lowest BCUT2D eigenvalue weighted by Gasteiger charge is -2.13. The summed E-state index contributed by atoms with van der Waals surface area (Å²) in [5.41, 5.74) is 2.97. The van der Waals surface area contributed by atoms with Crippen LogP contribution in [0.1, 0.15) is 17.0 Å². The number of hydrogen-bond acceptors (Lipinski definition) is 5. The molecule has 3 aromatic carbocycles. The molecule has 8 heteroatoms. The van der Waals surface area contributed by atoms with Gasteiger partial charge in [-0.15, -0.1) is 0 Å². The van der Waals surface area contributed by atoms with E-state index in [1.807, 2.05) is 30.3 Å². The molecule has 33 heavy (non-hydrogen) atoms. The number of nitrogens with zero attached hydrogens (tertiary/aromatic N) is 1. The molecule has 1 aromatic heterocycles. The first-order valence-corrected chi connectivity index (χ1v) is 11.8. The van der Waals surface area contributed by atoms with E-state index in [1.165, 1.54) is 12.1 Å². The number of benzene rings is 3. The molecule has 0 fully saturated rings. The quantitative estimate of drug-likeness (QED) is 0.406. The minimum absolute atomic E-state index is 0.0289. The van der Waals surface area contributed by atoms with Crippen molar-refractivity contribution in [1.29, 1.82) is 0 Å². The van der Waals surface area contributed by atoms with E-state index in [9.17, 15) is 13.2 Å². The Hall–Kier alpha value is -3.91. The smallest absolute Gasteiger partial charge is 0.261 e. The molecule has 4 aromatic rings. The summed E-state index contributed by atoms with van der Waals surface area (Å²) in [4.78, 5) is 17.3. The number of amides is 1. The number of rotatable bonds is 7. The lowest BCUT2D eigenvalue weighted by atomic mass is 10.2. The lowest BCUT2D eigenvalue weighted by Crippen LogP contribution is -2.16. The van der Waals surface area contributed by atoms with Gasteiger partial charge in [-0.05, 0) is 55.8 Å². The topological polar surface area (TPSA) is 101 Å². The highest BCUT2D eigenvalue weighted by atomic mass is 32.2. The van der Waals surface area contributed by atoms with Gasteiger partial charge in [0.2, 0.25) is 11.8 Å². The van der Waals surface area contributed by atoms with Gasteiger partial charge < -0.3 is 9.73 Å². The maximum absolute atomic E-state index is 12.7. The zero-order valence-electron chi connectivity index (χ0n) is 18.2. The zero-order chi connectivity index (χ0) is 23.4. The first kappa shape index (κ1) is 22.3. The van der Waals surface area contributed by atoms with Gasteiger partial charge >= 0.3 is 0 Å². The third kappa shape index (κ3) is 5.30. The molecule has 0 saturated heterocycles. The van der Waals surface area contributed by atoms with E-state index in [1.54, 1.807) is 50.2 Å². The third-order valence-electron chi connectivity index (χ3n) is 5.06. The van der Waals surface area contributed by atoms with Crippen molar-refractivity contribution in [2.75, 3.05) is 10.0 Å². The standard InChI is InChI=1S/C25H23N3O4S/c1-17-13-14-20(15-22(17)28-33(30,31)21-11-7-4-8-12-21)26-24(29)16-23-18(2)32-25(27-23)19-9-5-3-6-10-19/h3-15,28H,16H2,1-2H3,(H,26,29). The van der Waals surface area contributed by atoms with Crippen LogP contribution < -0.4 is 10.0 Å². The van der Waals surface area contributed by atoms with Gasteiger partial charge in [0.1, 0.15) is 5.76 Å². The van der Waals surface area contributed by atoms with Gasteiger partial charge in [0.25, 0.3) is 10.0 Å². The van der Waals surface area contributed by atoms with E-state index < -0.39 is 10.0 Å². The molecule has 0 aliphatic rings. The Morgan fingerprint density at radius 3 is 2.30 bits per heavy atom. The van der Waals surface area contributed by atoms with Gasteiger partial charge in [0.15, 0.2) is 0 Å². The van der Waals surface area contributed by atoms with E-state index in [-0.39, 0.29) is 17.2 Å². The Morgan fingerprint density at radius 2 is 1.61 bits per heavy atom. The van der Waals surface area contributed by atoms with Gasteiger partial charge in [-0.25, -0.2) is 13.4 Å². The summed E-state index contributed by atoms with van der Waals surface area (Å²) in [6.07, 6.45) is 0.0289. The van der Waals surface area contributed by atoms with Crippen LogP contribution in [-0.2, 0) is 21.2 Å². The van der Waals surface area contributed by atoms with E-state index in [2.05, 4.69) is 15.0 Å². The molecule has 0 unspecified atom stereocenters. The van der Waals surface area contributed by atoms with Crippen molar-refractivity contribution in [3.8, 4) is 11.5 Å². The Balaban J connectivity index is 1.48. The lowest BCUT2D eigenvalue weighted by molar-refractivity contribution is -0.115. The maximum Gasteiger partial charge on any atom is 0.261 e. The van der Waals surface area contributed by atoms with Crippen LogP contribution in [-0.4, -0.2) is 19.3 Å². The fourth-order valence-corrected chi connectivity index (χ4v) is 4.41. The molecule has 4 rings (SSSR count). The summed E-state index contributed by atoms with van der Waals surface area (Å²) in [6.45, 7) is 3.56. The second-order valence-corrected chi connectivity index (χ2v) is 9.24. The van der Waals surface area contributed by atoms with Crippen molar-refractivity contribution in [2.45, 2.75) is 25.2 Å². The van der Waals surface area contributed by atoms with Crippen molar-refractivity contribution < 1.29 is 17.6 Å². The minimum atomic E-state index is -3.74. The molecule has 1 heterocycles. The summed E-state index contributed by atoms with van der Waals surface area (Å²) in [5, 5.41) is 2.80. The Labute approximate surface area is 192 Å². The normalized spacial score (nSPS) is 11.2. The van der Waals surface area contributed by atoms with E-state index >= 15 is 0 Å². The van der Waals surface area contributed by atoms with Gasteiger partial charge in [-0.2, -0.15) is 0 Å². The van der Waals surface area contributed by atoms with Crippen LogP contribution in [0.25, 0.3) is 11.5 Å². The number of nitrogens with one attached hydrogen (secondary N) is 2. The second kappa shape index (κ2) is 9.30. The highest BCUT2D eigenvalue weighted by Gasteiger charge is 2.17. The van der Waals surface area contributed by atoms with Crippen LogP contribution in [0.2, 0.25) is 0 Å². The molecular formula is C25H23N3O4S. The number of aryl methyl sites for hydroxylation is 2. The third-order valence-corrected chi connectivity index (χ3v) is 6.44. The Morgan fingerprint density at radius 1 is 0.939 bits per heavy atom. The molecule has 1 amide bonds. The molecule has 0 radical (unpaired) electrons. The molecule has 0 aliphatic heterocycles. The second-order valence-electron chi connectivity index (χ2n) is 7.56. The van der Waals surface area contributed by atoms with Crippen molar-refractivity contribution in [3.05, 3.63) is 95.9 Å². The number of anilines is 2. The Bertz CT molecular complexity index is 1380. The van der Waals surface area contributed by atoms with E-state index in [4.69, 9.17) is 4.42 Å². The molecule has 0 spiro atoms. The average molecular weight is 462 g/mol. The van der Waals surface area contributed by atoms with E-state index in [0.717, 1.165) is 11.1 Å². The predicted octanol–water partition coefficient (Wildman–Crippen LogP) is 4.94. The monoisotopic (exact) mass is 461 g/mol.